The molecular formula is C19H21N3O4. The van der Waals surface area contributed by atoms with Gasteiger partial charge in [-0.05, 0) is 48.9 Å². The SMILES string of the molecule is COc1ccc(NC(=O)C(C)C(=O)NN=Cc2cccc(OC)c2)cc1. The van der Waals surface area contributed by atoms with Crippen molar-refractivity contribution in [3.05, 3.63) is 54.1 Å². The normalized spacial score (nSPS) is 11.7. The number of anilines is 1. The lowest BCUT2D eigenvalue weighted by Gasteiger charge is -2.11. The third-order valence-corrected chi connectivity index (χ3v) is 3.63. The van der Waals surface area contributed by atoms with Crippen molar-refractivity contribution in [1.82, 2.24) is 5.43 Å². The monoisotopic (exact) mass is 355 g/mol. The molecule has 1 unspecified atom stereocenters. The lowest BCUT2D eigenvalue weighted by atomic mass is 10.1. The van der Waals surface area contributed by atoms with Gasteiger partial charge in [-0.2, -0.15) is 5.10 Å². The quantitative estimate of drug-likeness (QED) is 0.453. The Bertz CT molecular complexity index is 788. The summed E-state index contributed by atoms with van der Waals surface area (Å²) in [6.45, 7) is 1.51. The number of ether oxygens (including phenoxy) is 2. The zero-order valence-corrected chi connectivity index (χ0v) is 14.9. The highest BCUT2D eigenvalue weighted by Crippen LogP contribution is 2.16. The van der Waals surface area contributed by atoms with Gasteiger partial charge in [0.1, 0.15) is 17.4 Å². The van der Waals surface area contributed by atoms with Gasteiger partial charge in [-0.3, -0.25) is 9.59 Å². The molecule has 0 aromatic heterocycles. The number of carbonyl (C=O) groups is 2. The molecule has 0 fully saturated rings. The van der Waals surface area contributed by atoms with Crippen LogP contribution >= 0.6 is 0 Å². The Morgan fingerprint density at radius 1 is 1.00 bits per heavy atom. The van der Waals surface area contributed by atoms with Crippen LogP contribution in [-0.4, -0.2) is 32.2 Å². The van der Waals surface area contributed by atoms with Gasteiger partial charge in [0.25, 0.3) is 5.91 Å². The molecule has 2 aromatic carbocycles. The van der Waals surface area contributed by atoms with Crippen LogP contribution in [0.5, 0.6) is 11.5 Å². The standard InChI is InChI=1S/C19H21N3O4/c1-13(18(23)21-15-7-9-16(25-2)10-8-15)19(24)22-20-12-14-5-4-6-17(11-14)26-3/h4-13H,1-3H3,(H,21,23)(H,22,24). The molecule has 136 valence electrons. The maximum absolute atomic E-state index is 12.2. The number of methoxy groups -OCH3 is 2. The molecule has 2 N–H and O–H groups in total. The van der Waals surface area contributed by atoms with E-state index in [1.54, 1.807) is 44.6 Å². The fourth-order valence-electron chi connectivity index (χ4n) is 2.03. The predicted molar refractivity (Wildman–Crippen MR) is 99.5 cm³/mol. The molecule has 26 heavy (non-hydrogen) atoms. The fourth-order valence-corrected chi connectivity index (χ4v) is 2.03. The minimum Gasteiger partial charge on any atom is -0.497 e. The Morgan fingerprint density at radius 3 is 2.35 bits per heavy atom. The summed E-state index contributed by atoms with van der Waals surface area (Å²) in [4.78, 5) is 24.2. The summed E-state index contributed by atoms with van der Waals surface area (Å²) in [6.07, 6.45) is 1.48. The molecule has 0 heterocycles. The number of rotatable bonds is 7. The maximum Gasteiger partial charge on any atom is 0.252 e. The molecule has 0 spiro atoms. The lowest BCUT2D eigenvalue weighted by molar-refractivity contribution is -0.131. The largest absolute Gasteiger partial charge is 0.497 e. The van der Waals surface area contributed by atoms with Crippen molar-refractivity contribution in [2.24, 2.45) is 11.0 Å². The molecular weight excluding hydrogens is 334 g/mol. The maximum atomic E-state index is 12.2. The van der Waals surface area contributed by atoms with E-state index in [1.165, 1.54) is 13.1 Å². The summed E-state index contributed by atoms with van der Waals surface area (Å²) in [5.74, 6) is -0.466. The van der Waals surface area contributed by atoms with Crippen molar-refractivity contribution in [3.63, 3.8) is 0 Å². The molecule has 0 aliphatic carbocycles. The van der Waals surface area contributed by atoms with Gasteiger partial charge in [-0.15, -0.1) is 0 Å². The Kier molecular flexibility index (Phi) is 6.73. The third kappa shape index (κ3) is 5.34. The average Bonchev–Trinajstić information content (AvgIpc) is 2.68. The molecule has 1 atom stereocenters. The van der Waals surface area contributed by atoms with Crippen LogP contribution in [0.15, 0.2) is 53.6 Å². The molecule has 0 saturated carbocycles. The third-order valence-electron chi connectivity index (χ3n) is 3.63. The minimum absolute atomic E-state index is 0.427. The molecule has 7 nitrogen and oxygen atoms in total. The van der Waals surface area contributed by atoms with Crippen LogP contribution in [0, 0.1) is 5.92 Å². The Labute approximate surface area is 152 Å². The van der Waals surface area contributed by atoms with E-state index in [0.717, 1.165) is 5.56 Å². The van der Waals surface area contributed by atoms with E-state index in [1.807, 2.05) is 18.2 Å². The smallest absolute Gasteiger partial charge is 0.252 e. The van der Waals surface area contributed by atoms with Crippen molar-refractivity contribution in [2.75, 3.05) is 19.5 Å². The van der Waals surface area contributed by atoms with Crippen molar-refractivity contribution < 1.29 is 19.1 Å². The van der Waals surface area contributed by atoms with Gasteiger partial charge in [-0.1, -0.05) is 12.1 Å². The summed E-state index contributed by atoms with van der Waals surface area (Å²) in [7, 11) is 3.13. The average molecular weight is 355 g/mol. The number of amides is 2. The van der Waals surface area contributed by atoms with E-state index >= 15 is 0 Å². The first-order valence-electron chi connectivity index (χ1n) is 7.95. The van der Waals surface area contributed by atoms with E-state index in [2.05, 4.69) is 15.8 Å². The van der Waals surface area contributed by atoms with Gasteiger partial charge in [-0.25, -0.2) is 5.43 Å². The minimum atomic E-state index is -0.903. The number of hydrazone groups is 1. The van der Waals surface area contributed by atoms with E-state index in [9.17, 15) is 9.59 Å². The van der Waals surface area contributed by atoms with Crippen molar-refractivity contribution in [1.29, 1.82) is 0 Å². The Balaban J connectivity index is 1.89. The summed E-state index contributed by atoms with van der Waals surface area (Å²) < 4.78 is 10.2. The van der Waals surface area contributed by atoms with Crippen LogP contribution in [0.2, 0.25) is 0 Å². The topological polar surface area (TPSA) is 89.0 Å². The van der Waals surface area contributed by atoms with Crippen LogP contribution in [0.25, 0.3) is 0 Å². The van der Waals surface area contributed by atoms with E-state index in [4.69, 9.17) is 9.47 Å². The van der Waals surface area contributed by atoms with E-state index in [0.29, 0.717) is 17.2 Å². The number of hydrogen-bond acceptors (Lipinski definition) is 5. The second kappa shape index (κ2) is 9.22. The number of nitrogens with one attached hydrogen (secondary N) is 2. The van der Waals surface area contributed by atoms with Gasteiger partial charge in [0, 0.05) is 5.69 Å². The number of benzene rings is 2. The van der Waals surface area contributed by atoms with Crippen LogP contribution in [0.4, 0.5) is 5.69 Å². The summed E-state index contributed by atoms with van der Waals surface area (Å²) in [5.41, 5.74) is 3.71. The van der Waals surface area contributed by atoms with Crippen LogP contribution in [0.1, 0.15) is 12.5 Å². The first-order chi connectivity index (χ1) is 12.5. The van der Waals surface area contributed by atoms with E-state index in [-0.39, 0.29) is 0 Å². The first kappa shape index (κ1) is 19.0. The predicted octanol–water partition coefficient (Wildman–Crippen LogP) is 2.43. The van der Waals surface area contributed by atoms with Gasteiger partial charge in [0.2, 0.25) is 5.91 Å². The van der Waals surface area contributed by atoms with Gasteiger partial charge in [0.05, 0.1) is 20.4 Å². The molecule has 0 bridgehead atoms. The van der Waals surface area contributed by atoms with Crippen molar-refractivity contribution in [2.45, 2.75) is 6.92 Å². The second-order valence-corrected chi connectivity index (χ2v) is 5.45. The van der Waals surface area contributed by atoms with Crippen LogP contribution < -0.4 is 20.2 Å². The zero-order valence-electron chi connectivity index (χ0n) is 14.9. The number of nitrogens with zero attached hydrogens (tertiary/aromatic N) is 1. The van der Waals surface area contributed by atoms with Crippen molar-refractivity contribution in [3.8, 4) is 11.5 Å². The molecule has 7 heteroatoms. The van der Waals surface area contributed by atoms with E-state index < -0.39 is 17.7 Å². The molecule has 0 aliphatic rings. The highest BCUT2D eigenvalue weighted by Gasteiger charge is 2.21. The first-order valence-corrected chi connectivity index (χ1v) is 7.95. The number of hydrogen-bond donors (Lipinski definition) is 2. The summed E-state index contributed by atoms with van der Waals surface area (Å²) in [5, 5.41) is 6.55. The molecule has 0 saturated heterocycles. The molecule has 2 amide bonds. The Morgan fingerprint density at radius 2 is 1.69 bits per heavy atom. The highest BCUT2D eigenvalue weighted by molar-refractivity contribution is 6.06. The summed E-state index contributed by atoms with van der Waals surface area (Å²) in [6, 6.07) is 14.0. The highest BCUT2D eigenvalue weighted by atomic mass is 16.5. The van der Waals surface area contributed by atoms with Crippen LogP contribution in [-0.2, 0) is 9.59 Å². The lowest BCUT2D eigenvalue weighted by Crippen LogP contribution is -2.34. The van der Waals surface area contributed by atoms with Crippen LogP contribution in [0.3, 0.4) is 0 Å². The van der Waals surface area contributed by atoms with Gasteiger partial charge in [0.15, 0.2) is 0 Å². The second-order valence-electron chi connectivity index (χ2n) is 5.45. The van der Waals surface area contributed by atoms with Gasteiger partial charge < -0.3 is 14.8 Å². The molecule has 0 aliphatic heterocycles. The zero-order chi connectivity index (χ0) is 18.9. The fraction of sp³-hybridized carbons (Fsp3) is 0.211. The Hall–Kier alpha value is -3.35. The molecule has 2 rings (SSSR count). The number of carbonyl (C=O) groups excluding carboxylic acids is 2. The van der Waals surface area contributed by atoms with Gasteiger partial charge >= 0.3 is 0 Å². The van der Waals surface area contributed by atoms with Crippen molar-refractivity contribution >= 4 is 23.7 Å². The molecule has 2 aromatic rings. The summed E-state index contributed by atoms with van der Waals surface area (Å²) >= 11 is 0. The molecule has 0 radical (unpaired) electrons.